The predicted octanol–water partition coefficient (Wildman–Crippen LogP) is 5.35. The highest BCUT2D eigenvalue weighted by Gasteiger charge is 2.26. The molecule has 0 bridgehead atoms. The monoisotopic (exact) mass is 504 g/mol. The molecule has 2 aliphatic heterocycles. The van der Waals surface area contributed by atoms with E-state index >= 15 is 0 Å². The van der Waals surface area contributed by atoms with Crippen LogP contribution in [0.25, 0.3) is 27.2 Å². The standard InChI is InChI=1S/C28H36N6OS/c1-18(2)21-9-11-32(12-10-21)17-24-19(3)25-26(36-24)27(33-13-15-35-16-14-33)31-28(30-25)34-20(4)29-22-7-5-6-8-23(22)34/h5-8,18,21H,9-17H2,1-4H3. The lowest BCUT2D eigenvalue weighted by Gasteiger charge is -2.33. The number of aryl methyl sites for hydroxylation is 2. The minimum Gasteiger partial charge on any atom is -0.378 e. The summed E-state index contributed by atoms with van der Waals surface area (Å²) in [5.41, 5.74) is 4.39. The number of imidazole rings is 1. The fourth-order valence-electron chi connectivity index (χ4n) is 5.73. The van der Waals surface area contributed by atoms with Crippen LogP contribution in [0.4, 0.5) is 5.82 Å². The lowest BCUT2D eigenvalue weighted by Crippen LogP contribution is -2.37. The van der Waals surface area contributed by atoms with Crippen molar-refractivity contribution in [1.29, 1.82) is 0 Å². The highest BCUT2D eigenvalue weighted by molar-refractivity contribution is 7.19. The van der Waals surface area contributed by atoms with E-state index in [-0.39, 0.29) is 0 Å². The van der Waals surface area contributed by atoms with Gasteiger partial charge in [0.05, 0.1) is 34.5 Å². The molecule has 2 fully saturated rings. The van der Waals surface area contributed by atoms with E-state index in [4.69, 9.17) is 19.7 Å². The van der Waals surface area contributed by atoms with E-state index in [0.29, 0.717) is 5.95 Å². The number of hydrogen-bond donors (Lipinski definition) is 0. The largest absolute Gasteiger partial charge is 0.378 e. The Morgan fingerprint density at radius 1 is 1.00 bits per heavy atom. The maximum Gasteiger partial charge on any atom is 0.238 e. The Kier molecular flexibility index (Phi) is 6.44. The van der Waals surface area contributed by atoms with E-state index in [2.05, 4.69) is 53.3 Å². The molecule has 4 aromatic rings. The Morgan fingerprint density at radius 3 is 2.50 bits per heavy atom. The Hall–Kier alpha value is -2.55. The van der Waals surface area contributed by atoms with Gasteiger partial charge in [0.15, 0.2) is 5.82 Å². The van der Waals surface area contributed by atoms with Crippen LogP contribution < -0.4 is 4.90 Å². The van der Waals surface area contributed by atoms with Gasteiger partial charge in [-0.05, 0) is 69.3 Å². The van der Waals surface area contributed by atoms with Gasteiger partial charge in [-0.3, -0.25) is 9.47 Å². The first-order valence-electron chi connectivity index (χ1n) is 13.3. The number of ether oxygens (including phenoxy) is 1. The molecule has 6 rings (SSSR count). The molecule has 1 aromatic carbocycles. The number of nitrogens with zero attached hydrogens (tertiary/aromatic N) is 6. The van der Waals surface area contributed by atoms with E-state index < -0.39 is 0 Å². The molecule has 3 aromatic heterocycles. The summed E-state index contributed by atoms with van der Waals surface area (Å²) in [5.74, 6) is 4.29. The van der Waals surface area contributed by atoms with Crippen LogP contribution >= 0.6 is 11.3 Å². The molecule has 0 spiro atoms. The molecule has 0 amide bonds. The van der Waals surface area contributed by atoms with Crippen molar-refractivity contribution in [3.63, 3.8) is 0 Å². The van der Waals surface area contributed by atoms with Crippen LogP contribution in [0.3, 0.4) is 0 Å². The molecule has 5 heterocycles. The van der Waals surface area contributed by atoms with Crippen LogP contribution in [0, 0.1) is 25.7 Å². The normalized spacial score (nSPS) is 18.2. The van der Waals surface area contributed by atoms with Crippen molar-refractivity contribution < 1.29 is 4.74 Å². The smallest absolute Gasteiger partial charge is 0.238 e. The molecule has 0 atom stereocenters. The Labute approximate surface area is 217 Å². The highest BCUT2D eigenvalue weighted by Crippen LogP contribution is 2.38. The molecule has 190 valence electrons. The van der Waals surface area contributed by atoms with Gasteiger partial charge in [-0.25, -0.2) is 9.97 Å². The molecular formula is C28H36N6OS. The molecule has 2 aliphatic rings. The number of piperidine rings is 1. The zero-order valence-electron chi connectivity index (χ0n) is 21.8. The first-order chi connectivity index (χ1) is 17.5. The third kappa shape index (κ3) is 4.29. The van der Waals surface area contributed by atoms with Gasteiger partial charge >= 0.3 is 0 Å². The Balaban J connectivity index is 1.42. The first-order valence-corrected chi connectivity index (χ1v) is 14.1. The second-order valence-electron chi connectivity index (χ2n) is 10.6. The van der Waals surface area contributed by atoms with Crippen LogP contribution in [0.2, 0.25) is 0 Å². The first kappa shape index (κ1) is 23.8. The van der Waals surface area contributed by atoms with Gasteiger partial charge in [0.25, 0.3) is 0 Å². The third-order valence-corrected chi connectivity index (χ3v) is 9.28. The summed E-state index contributed by atoms with van der Waals surface area (Å²) in [4.78, 5) is 21.6. The maximum absolute atomic E-state index is 5.66. The number of likely N-dealkylation sites (tertiary alicyclic amines) is 1. The molecule has 2 saturated heterocycles. The minimum absolute atomic E-state index is 0.709. The van der Waals surface area contributed by atoms with Gasteiger partial charge in [0.2, 0.25) is 5.95 Å². The summed E-state index contributed by atoms with van der Waals surface area (Å²) >= 11 is 1.88. The van der Waals surface area contributed by atoms with Crippen LogP contribution in [-0.2, 0) is 11.3 Å². The van der Waals surface area contributed by atoms with E-state index in [9.17, 15) is 0 Å². The Morgan fingerprint density at radius 2 is 1.75 bits per heavy atom. The molecule has 0 unspecified atom stereocenters. The SMILES string of the molecule is Cc1c(CN2CCC(C(C)C)CC2)sc2c(N3CCOCC3)nc(-n3c(C)nc4ccccc43)nc12. The topological polar surface area (TPSA) is 59.3 Å². The minimum atomic E-state index is 0.709. The summed E-state index contributed by atoms with van der Waals surface area (Å²) in [6, 6.07) is 8.24. The van der Waals surface area contributed by atoms with Crippen LogP contribution in [0.5, 0.6) is 0 Å². The second-order valence-corrected chi connectivity index (χ2v) is 11.7. The summed E-state index contributed by atoms with van der Waals surface area (Å²) in [6.07, 6.45) is 2.61. The number of hydrogen-bond acceptors (Lipinski definition) is 7. The average Bonchev–Trinajstić information content (AvgIpc) is 3.40. The fourth-order valence-corrected chi connectivity index (χ4v) is 7.03. The zero-order chi connectivity index (χ0) is 24.8. The zero-order valence-corrected chi connectivity index (χ0v) is 22.6. The lowest BCUT2D eigenvalue weighted by atomic mass is 9.87. The molecule has 0 N–H and O–H groups in total. The predicted molar refractivity (Wildman–Crippen MR) is 147 cm³/mol. The van der Waals surface area contributed by atoms with E-state index in [1.165, 1.54) is 41.1 Å². The molecule has 0 aliphatic carbocycles. The molecule has 0 saturated carbocycles. The summed E-state index contributed by atoms with van der Waals surface area (Å²) in [5, 5.41) is 0. The van der Waals surface area contributed by atoms with Crippen molar-refractivity contribution in [3.8, 4) is 5.95 Å². The number of morpholine rings is 1. The van der Waals surface area contributed by atoms with Gasteiger partial charge in [0.1, 0.15) is 5.82 Å². The number of para-hydroxylation sites is 2. The molecule has 36 heavy (non-hydrogen) atoms. The van der Waals surface area contributed by atoms with Crippen LogP contribution in [-0.4, -0.2) is 63.8 Å². The molecular weight excluding hydrogens is 468 g/mol. The number of aromatic nitrogens is 4. The van der Waals surface area contributed by atoms with Crippen molar-refractivity contribution >= 4 is 38.4 Å². The van der Waals surface area contributed by atoms with Crippen molar-refractivity contribution in [2.75, 3.05) is 44.3 Å². The highest BCUT2D eigenvalue weighted by atomic mass is 32.1. The van der Waals surface area contributed by atoms with E-state index in [1.54, 1.807) is 0 Å². The third-order valence-electron chi connectivity index (χ3n) is 8.02. The summed E-state index contributed by atoms with van der Waals surface area (Å²) in [7, 11) is 0. The van der Waals surface area contributed by atoms with Crippen molar-refractivity contribution in [2.24, 2.45) is 11.8 Å². The molecule has 0 radical (unpaired) electrons. The number of benzene rings is 1. The van der Waals surface area contributed by atoms with Gasteiger partial charge in [-0.2, -0.15) is 4.98 Å². The fraction of sp³-hybridized carbons (Fsp3) is 0.536. The summed E-state index contributed by atoms with van der Waals surface area (Å²) in [6.45, 7) is 15.6. The van der Waals surface area contributed by atoms with Gasteiger partial charge in [-0.15, -0.1) is 11.3 Å². The average molecular weight is 505 g/mol. The van der Waals surface area contributed by atoms with Crippen molar-refractivity contribution in [1.82, 2.24) is 24.4 Å². The Bertz CT molecular complexity index is 1380. The van der Waals surface area contributed by atoms with Crippen LogP contribution in [0.1, 0.15) is 43.0 Å². The maximum atomic E-state index is 5.66. The molecule has 8 heteroatoms. The van der Waals surface area contributed by atoms with Crippen LogP contribution in [0.15, 0.2) is 24.3 Å². The van der Waals surface area contributed by atoms with Gasteiger partial charge < -0.3 is 9.64 Å². The van der Waals surface area contributed by atoms with Crippen molar-refractivity contribution in [2.45, 2.75) is 47.1 Å². The number of rotatable bonds is 5. The second kappa shape index (κ2) is 9.72. The quantitative estimate of drug-likeness (QED) is 0.365. The van der Waals surface area contributed by atoms with E-state index in [1.807, 2.05) is 24.3 Å². The number of fused-ring (bicyclic) bond motifs is 2. The summed E-state index contributed by atoms with van der Waals surface area (Å²) < 4.78 is 8.97. The van der Waals surface area contributed by atoms with E-state index in [0.717, 1.165) is 72.9 Å². The van der Waals surface area contributed by atoms with Crippen molar-refractivity contribution in [3.05, 3.63) is 40.5 Å². The number of anilines is 1. The molecule has 7 nitrogen and oxygen atoms in total. The van der Waals surface area contributed by atoms with Gasteiger partial charge in [0, 0.05) is 24.5 Å². The number of thiophene rings is 1. The lowest BCUT2D eigenvalue weighted by molar-refractivity contribution is 0.122. The van der Waals surface area contributed by atoms with Gasteiger partial charge in [-0.1, -0.05) is 26.0 Å².